The second-order valence-electron chi connectivity index (χ2n) is 17.2. The Balaban J connectivity index is 1.12. The second kappa shape index (κ2) is 14.5. The third-order valence-corrected chi connectivity index (χ3v) is 14.5. The minimum Gasteiger partial charge on any atom is -0.308 e. The van der Waals surface area contributed by atoms with Gasteiger partial charge in [-0.1, -0.05) is 170 Å². The Morgan fingerprint density at radius 1 is 0.303 bits per heavy atom. The molecule has 14 aromatic rings. The lowest BCUT2D eigenvalue weighted by molar-refractivity contribution is 1.07. The van der Waals surface area contributed by atoms with Gasteiger partial charge in [0.2, 0.25) is 0 Å². The highest BCUT2D eigenvalue weighted by atomic mass is 32.1. The maximum atomic E-state index is 5.53. The van der Waals surface area contributed by atoms with Gasteiger partial charge in [0.15, 0.2) is 17.5 Å². The van der Waals surface area contributed by atoms with Crippen LogP contribution in [0.2, 0.25) is 0 Å². The Morgan fingerprint density at radius 2 is 0.879 bits per heavy atom. The van der Waals surface area contributed by atoms with Crippen LogP contribution in [0.15, 0.2) is 218 Å². The molecule has 66 heavy (non-hydrogen) atoms. The highest BCUT2D eigenvalue weighted by Crippen LogP contribution is 2.46. The van der Waals surface area contributed by atoms with E-state index in [9.17, 15) is 0 Å². The van der Waals surface area contributed by atoms with Crippen molar-refractivity contribution in [3.63, 3.8) is 0 Å². The fourth-order valence-electron chi connectivity index (χ4n) is 10.2. The minimum atomic E-state index is 0.612. The van der Waals surface area contributed by atoms with Crippen molar-refractivity contribution in [1.29, 1.82) is 0 Å². The lowest BCUT2D eigenvalue weighted by atomic mass is 10.0. The molecule has 0 fully saturated rings. The van der Waals surface area contributed by atoms with Gasteiger partial charge < -0.3 is 4.57 Å². The van der Waals surface area contributed by atoms with E-state index in [1.165, 1.54) is 68.6 Å². The summed E-state index contributed by atoms with van der Waals surface area (Å²) < 4.78 is 4.92. The molecule has 0 amide bonds. The van der Waals surface area contributed by atoms with Gasteiger partial charge in [-0.3, -0.25) is 0 Å². The zero-order chi connectivity index (χ0) is 43.3. The first-order chi connectivity index (χ1) is 32.7. The van der Waals surface area contributed by atoms with Gasteiger partial charge in [-0.25, -0.2) is 15.0 Å². The van der Waals surface area contributed by atoms with E-state index in [1.54, 1.807) is 0 Å². The van der Waals surface area contributed by atoms with Crippen LogP contribution in [0.3, 0.4) is 0 Å². The zero-order valence-corrected chi connectivity index (χ0v) is 36.3. The molecule has 0 aliphatic heterocycles. The van der Waals surface area contributed by atoms with Crippen LogP contribution in [0.4, 0.5) is 0 Å². The van der Waals surface area contributed by atoms with Crippen molar-refractivity contribution in [2.24, 2.45) is 0 Å². The van der Waals surface area contributed by atoms with E-state index in [-0.39, 0.29) is 0 Å². The predicted molar refractivity (Wildman–Crippen MR) is 279 cm³/mol. The Morgan fingerprint density at radius 3 is 1.65 bits per heavy atom. The number of hydrogen-bond acceptors (Lipinski definition) is 4. The van der Waals surface area contributed by atoms with Gasteiger partial charge in [0, 0.05) is 47.6 Å². The van der Waals surface area contributed by atoms with Gasteiger partial charge in [-0.05, 0) is 103 Å². The Bertz CT molecular complexity index is 4300. The number of hydrogen-bond donors (Lipinski definition) is 0. The Kier molecular flexibility index (Phi) is 8.12. The summed E-state index contributed by atoms with van der Waals surface area (Å²) in [6.07, 6.45) is 0. The highest BCUT2D eigenvalue weighted by molar-refractivity contribution is 7.26. The molecule has 5 heteroatoms. The van der Waals surface area contributed by atoms with Gasteiger partial charge >= 0.3 is 0 Å². The second-order valence-corrected chi connectivity index (χ2v) is 18.3. The maximum Gasteiger partial charge on any atom is 0.166 e. The van der Waals surface area contributed by atoms with E-state index in [4.69, 9.17) is 15.0 Å². The molecule has 0 bridgehead atoms. The van der Waals surface area contributed by atoms with Crippen LogP contribution in [0.1, 0.15) is 0 Å². The molecule has 0 aliphatic carbocycles. The monoisotopic (exact) mass is 856 g/mol. The molecule has 11 aromatic carbocycles. The van der Waals surface area contributed by atoms with Crippen molar-refractivity contribution in [2.45, 2.75) is 0 Å². The molecule has 0 atom stereocenters. The summed E-state index contributed by atoms with van der Waals surface area (Å²) in [7, 11) is 0. The van der Waals surface area contributed by atoms with Gasteiger partial charge in [0.1, 0.15) is 0 Å². The van der Waals surface area contributed by atoms with Gasteiger partial charge in [-0.2, -0.15) is 0 Å². The topological polar surface area (TPSA) is 43.6 Å². The SMILES string of the molecule is c1ccc(-c2cccc(-c3nc(-c4ccc5ccccc5c4)nc(-c4cc5c(cc4-n4c6cc7ccccc7cc6c6c7ccccc7ccc64)sc4ccc6ccccc6c45)n3)c2)cc1. The van der Waals surface area contributed by atoms with Crippen molar-refractivity contribution in [2.75, 3.05) is 0 Å². The fraction of sp³-hybridized carbons (Fsp3) is 0. The van der Waals surface area contributed by atoms with Crippen LogP contribution in [-0.2, 0) is 0 Å². The number of thiophene rings is 1. The standard InChI is InChI=1S/C61H36N4S/c1-2-13-37(14-3-1)42-21-12-22-45(31-42)59-62-60(46-26-25-38-15-4-5-18-41(38)32-46)64-61(63-59)50-35-51-56(66-55-30-28-40-17-9-11-24-48(40)58(51)55)36-54(50)65-52-29-27-39-16-8-10-23-47(39)57(52)49-33-43-19-6-7-20-44(43)34-53(49)65/h1-36H. The van der Waals surface area contributed by atoms with E-state index < -0.39 is 0 Å². The third kappa shape index (κ3) is 5.80. The summed E-state index contributed by atoms with van der Waals surface area (Å²) in [6.45, 7) is 0. The molecule has 0 spiro atoms. The first-order valence-corrected chi connectivity index (χ1v) is 23.1. The molecule has 306 valence electrons. The maximum absolute atomic E-state index is 5.53. The highest BCUT2D eigenvalue weighted by Gasteiger charge is 2.24. The van der Waals surface area contributed by atoms with Crippen LogP contribution in [-0.4, -0.2) is 19.5 Å². The summed E-state index contributed by atoms with van der Waals surface area (Å²) in [5.41, 5.74) is 8.31. The van der Waals surface area contributed by atoms with E-state index in [2.05, 4.69) is 223 Å². The summed E-state index contributed by atoms with van der Waals surface area (Å²) >= 11 is 1.84. The lowest BCUT2D eigenvalue weighted by Crippen LogP contribution is -2.04. The van der Waals surface area contributed by atoms with Crippen molar-refractivity contribution >= 4 is 96.4 Å². The molecule has 0 aliphatic rings. The third-order valence-electron chi connectivity index (χ3n) is 13.4. The van der Waals surface area contributed by atoms with Crippen LogP contribution in [0.5, 0.6) is 0 Å². The predicted octanol–water partition coefficient (Wildman–Crippen LogP) is 16.6. The molecule has 4 nitrogen and oxygen atoms in total. The molecule has 3 aromatic heterocycles. The Labute approximate surface area is 383 Å². The number of nitrogens with zero attached hydrogens (tertiary/aromatic N) is 4. The van der Waals surface area contributed by atoms with E-state index in [0.717, 1.165) is 49.9 Å². The normalized spacial score (nSPS) is 11.9. The smallest absolute Gasteiger partial charge is 0.166 e. The average molecular weight is 857 g/mol. The first kappa shape index (κ1) is 36.9. The van der Waals surface area contributed by atoms with E-state index in [1.807, 2.05) is 11.3 Å². The summed E-state index contributed by atoms with van der Waals surface area (Å²) in [4.78, 5) is 16.4. The molecule has 0 saturated heterocycles. The Hall–Kier alpha value is -8.51. The molecular weight excluding hydrogens is 821 g/mol. The summed E-state index contributed by atoms with van der Waals surface area (Å²) in [5.74, 6) is 1.85. The van der Waals surface area contributed by atoms with Crippen LogP contribution in [0, 0.1) is 0 Å². The van der Waals surface area contributed by atoms with Gasteiger partial charge in [0.05, 0.1) is 16.7 Å². The van der Waals surface area contributed by atoms with Crippen LogP contribution < -0.4 is 0 Å². The largest absolute Gasteiger partial charge is 0.308 e. The molecule has 0 N–H and O–H groups in total. The lowest BCUT2D eigenvalue weighted by Gasteiger charge is -2.16. The molecule has 0 saturated carbocycles. The van der Waals surface area contributed by atoms with Crippen molar-refractivity contribution in [3.05, 3.63) is 218 Å². The van der Waals surface area contributed by atoms with Crippen molar-refractivity contribution < 1.29 is 0 Å². The van der Waals surface area contributed by atoms with E-state index in [0.29, 0.717) is 17.5 Å². The molecular formula is C61H36N4S. The molecule has 14 rings (SSSR count). The zero-order valence-electron chi connectivity index (χ0n) is 35.5. The molecule has 0 unspecified atom stereocenters. The average Bonchev–Trinajstić information content (AvgIpc) is 3.92. The minimum absolute atomic E-state index is 0.612. The fourth-order valence-corrected chi connectivity index (χ4v) is 11.4. The number of aromatic nitrogens is 4. The number of benzene rings is 11. The quantitative estimate of drug-likeness (QED) is 0.173. The van der Waals surface area contributed by atoms with Crippen molar-refractivity contribution in [3.8, 4) is 51.0 Å². The molecule has 3 heterocycles. The van der Waals surface area contributed by atoms with Crippen molar-refractivity contribution in [1.82, 2.24) is 19.5 Å². The van der Waals surface area contributed by atoms with Crippen LogP contribution >= 0.6 is 11.3 Å². The first-order valence-electron chi connectivity index (χ1n) is 22.3. The van der Waals surface area contributed by atoms with E-state index >= 15 is 0 Å². The summed E-state index contributed by atoms with van der Waals surface area (Å²) in [5, 5.41) is 14.5. The summed E-state index contributed by atoms with van der Waals surface area (Å²) in [6, 6.07) is 78.8. The number of rotatable bonds is 5. The molecule has 0 radical (unpaired) electrons. The number of fused-ring (bicyclic) bond motifs is 12. The van der Waals surface area contributed by atoms with Gasteiger partial charge in [0.25, 0.3) is 0 Å². The van der Waals surface area contributed by atoms with Gasteiger partial charge in [-0.15, -0.1) is 11.3 Å². The van der Waals surface area contributed by atoms with Crippen LogP contribution in [0.25, 0.3) is 136 Å².